The molecule has 1 atom stereocenters. The number of likely N-dealkylation sites (tertiary alicyclic amines) is 2. The molecule has 2 fully saturated rings. The second-order valence-electron chi connectivity index (χ2n) is 7.21. The highest BCUT2D eigenvalue weighted by molar-refractivity contribution is 5.79. The molecular weight excluding hydrogens is 314 g/mol. The Morgan fingerprint density at radius 1 is 1.16 bits per heavy atom. The summed E-state index contributed by atoms with van der Waals surface area (Å²) in [6.45, 7) is 7.38. The Labute approximate surface area is 151 Å². The van der Waals surface area contributed by atoms with E-state index in [-0.39, 0.29) is 5.91 Å². The molecule has 0 aromatic heterocycles. The number of hydrogen-bond acceptors (Lipinski definition) is 4. The summed E-state index contributed by atoms with van der Waals surface area (Å²) in [7, 11) is 1.68. The average molecular weight is 345 g/mol. The molecule has 0 aliphatic carbocycles. The van der Waals surface area contributed by atoms with Gasteiger partial charge < -0.3 is 19.9 Å². The van der Waals surface area contributed by atoms with E-state index in [1.54, 1.807) is 7.11 Å². The van der Waals surface area contributed by atoms with Gasteiger partial charge in [0, 0.05) is 31.6 Å². The number of piperidine rings is 1. The molecule has 0 spiro atoms. The van der Waals surface area contributed by atoms with Gasteiger partial charge in [0.1, 0.15) is 5.75 Å². The zero-order valence-electron chi connectivity index (χ0n) is 15.5. The third kappa shape index (κ3) is 4.95. The number of methoxy groups -OCH3 is 1. The van der Waals surface area contributed by atoms with Gasteiger partial charge in [0.15, 0.2) is 0 Å². The first-order valence-corrected chi connectivity index (χ1v) is 9.57. The van der Waals surface area contributed by atoms with E-state index in [1.807, 2.05) is 17.0 Å². The summed E-state index contributed by atoms with van der Waals surface area (Å²) in [5.41, 5.74) is 1.25. The minimum absolute atomic E-state index is 0.289. The number of hydrogen-bond donors (Lipinski definition) is 1. The third-order valence-electron chi connectivity index (χ3n) is 5.55. The number of nitrogens with zero attached hydrogens (tertiary/aromatic N) is 2. The van der Waals surface area contributed by atoms with E-state index < -0.39 is 0 Å². The lowest BCUT2D eigenvalue weighted by molar-refractivity contribution is -0.127. The number of carbonyl (C=O) groups excluding carboxylic acids is 1. The normalized spacial score (nSPS) is 22.6. The summed E-state index contributed by atoms with van der Waals surface area (Å²) in [4.78, 5) is 16.8. The van der Waals surface area contributed by atoms with Gasteiger partial charge >= 0.3 is 0 Å². The van der Waals surface area contributed by atoms with Crippen LogP contribution in [0.15, 0.2) is 24.3 Å². The van der Waals surface area contributed by atoms with Crippen molar-refractivity contribution in [2.24, 2.45) is 0 Å². The highest BCUT2D eigenvalue weighted by Gasteiger charge is 2.31. The van der Waals surface area contributed by atoms with Crippen LogP contribution in [-0.4, -0.2) is 67.6 Å². The van der Waals surface area contributed by atoms with Gasteiger partial charge in [-0.3, -0.25) is 4.79 Å². The van der Waals surface area contributed by atoms with Crippen molar-refractivity contribution in [3.05, 3.63) is 29.8 Å². The van der Waals surface area contributed by atoms with Gasteiger partial charge in [-0.15, -0.1) is 0 Å². The zero-order chi connectivity index (χ0) is 17.6. The molecule has 1 aromatic carbocycles. The lowest BCUT2D eigenvalue weighted by Gasteiger charge is -2.33. The Balaban J connectivity index is 1.42. The van der Waals surface area contributed by atoms with Gasteiger partial charge in [-0.05, 0) is 56.6 Å². The van der Waals surface area contributed by atoms with Crippen LogP contribution < -0.4 is 10.1 Å². The number of benzene rings is 1. The molecule has 5 heteroatoms. The molecule has 3 rings (SSSR count). The Morgan fingerprint density at radius 3 is 2.52 bits per heavy atom. The molecule has 2 heterocycles. The molecule has 0 saturated carbocycles. The van der Waals surface area contributed by atoms with E-state index in [2.05, 4.69) is 29.3 Å². The van der Waals surface area contributed by atoms with E-state index >= 15 is 0 Å². The van der Waals surface area contributed by atoms with Gasteiger partial charge in [0.2, 0.25) is 5.91 Å². The minimum atomic E-state index is 0.289. The second-order valence-corrected chi connectivity index (χ2v) is 7.21. The largest absolute Gasteiger partial charge is 0.497 e. The molecule has 0 radical (unpaired) electrons. The SMILES string of the molecule is CCN1CCC(N[C@H]2CC(=O)N(CCc3ccc(OC)cc3)C2)CC1. The van der Waals surface area contributed by atoms with Crippen LogP contribution >= 0.6 is 0 Å². The summed E-state index contributed by atoms with van der Waals surface area (Å²) >= 11 is 0. The van der Waals surface area contributed by atoms with Crippen molar-refractivity contribution in [1.29, 1.82) is 0 Å². The Hall–Kier alpha value is -1.59. The topological polar surface area (TPSA) is 44.8 Å². The van der Waals surface area contributed by atoms with Crippen molar-refractivity contribution >= 4 is 5.91 Å². The lowest BCUT2D eigenvalue weighted by Crippen LogP contribution is -2.46. The Bertz CT molecular complexity index is 553. The van der Waals surface area contributed by atoms with Gasteiger partial charge in [0.05, 0.1) is 7.11 Å². The third-order valence-corrected chi connectivity index (χ3v) is 5.55. The van der Waals surface area contributed by atoms with Crippen molar-refractivity contribution in [3.8, 4) is 5.75 Å². The fourth-order valence-corrected chi connectivity index (χ4v) is 3.91. The molecule has 138 valence electrons. The number of carbonyl (C=O) groups is 1. The quantitative estimate of drug-likeness (QED) is 0.820. The van der Waals surface area contributed by atoms with E-state index in [9.17, 15) is 4.79 Å². The zero-order valence-corrected chi connectivity index (χ0v) is 15.5. The lowest BCUT2D eigenvalue weighted by atomic mass is 10.0. The first-order valence-electron chi connectivity index (χ1n) is 9.57. The molecule has 1 amide bonds. The molecule has 2 aliphatic heterocycles. The molecule has 1 aromatic rings. The standard InChI is InChI=1S/C20H31N3O2/c1-3-22-11-9-17(10-12-22)21-18-14-20(24)23(15-18)13-8-16-4-6-19(25-2)7-5-16/h4-7,17-18,21H,3,8-15H2,1-2H3/t18-/m0/s1. The highest BCUT2D eigenvalue weighted by Crippen LogP contribution is 2.17. The predicted molar refractivity (Wildman–Crippen MR) is 100.0 cm³/mol. The van der Waals surface area contributed by atoms with Crippen LogP contribution in [0.3, 0.4) is 0 Å². The van der Waals surface area contributed by atoms with Crippen LogP contribution in [0.5, 0.6) is 5.75 Å². The van der Waals surface area contributed by atoms with Crippen LogP contribution in [0.2, 0.25) is 0 Å². The maximum absolute atomic E-state index is 12.3. The van der Waals surface area contributed by atoms with Crippen molar-refractivity contribution in [2.75, 3.05) is 39.8 Å². The molecular formula is C20H31N3O2. The Morgan fingerprint density at radius 2 is 1.88 bits per heavy atom. The summed E-state index contributed by atoms with van der Waals surface area (Å²) in [6.07, 6.45) is 3.95. The van der Waals surface area contributed by atoms with Crippen LogP contribution in [0.4, 0.5) is 0 Å². The van der Waals surface area contributed by atoms with Crippen molar-refractivity contribution in [3.63, 3.8) is 0 Å². The summed E-state index contributed by atoms with van der Waals surface area (Å²) in [5.74, 6) is 1.16. The van der Waals surface area contributed by atoms with E-state index in [0.29, 0.717) is 18.5 Å². The van der Waals surface area contributed by atoms with Crippen molar-refractivity contribution in [2.45, 2.75) is 44.7 Å². The van der Waals surface area contributed by atoms with E-state index in [0.717, 1.165) is 31.8 Å². The van der Waals surface area contributed by atoms with Gasteiger partial charge in [0.25, 0.3) is 0 Å². The molecule has 0 bridgehead atoms. The van der Waals surface area contributed by atoms with Crippen molar-refractivity contribution in [1.82, 2.24) is 15.1 Å². The maximum Gasteiger partial charge on any atom is 0.224 e. The van der Waals surface area contributed by atoms with Crippen molar-refractivity contribution < 1.29 is 9.53 Å². The number of ether oxygens (including phenoxy) is 1. The first kappa shape index (κ1) is 18.2. The van der Waals surface area contributed by atoms with E-state index in [1.165, 1.54) is 31.5 Å². The van der Waals surface area contributed by atoms with Crippen LogP contribution in [0.1, 0.15) is 31.7 Å². The number of amides is 1. The van der Waals surface area contributed by atoms with Gasteiger partial charge in [-0.1, -0.05) is 19.1 Å². The molecule has 25 heavy (non-hydrogen) atoms. The predicted octanol–water partition coefficient (Wildman–Crippen LogP) is 1.91. The maximum atomic E-state index is 12.3. The van der Waals surface area contributed by atoms with Gasteiger partial charge in [-0.2, -0.15) is 0 Å². The highest BCUT2D eigenvalue weighted by atomic mass is 16.5. The number of nitrogens with one attached hydrogen (secondary N) is 1. The fourth-order valence-electron chi connectivity index (χ4n) is 3.91. The van der Waals surface area contributed by atoms with Crippen LogP contribution in [0, 0.1) is 0 Å². The molecule has 2 saturated heterocycles. The monoisotopic (exact) mass is 345 g/mol. The second kappa shape index (κ2) is 8.68. The molecule has 0 unspecified atom stereocenters. The average Bonchev–Trinajstić information content (AvgIpc) is 3.00. The molecule has 1 N–H and O–H groups in total. The summed E-state index contributed by atoms with van der Waals surface area (Å²) < 4.78 is 5.19. The smallest absolute Gasteiger partial charge is 0.224 e. The Kier molecular flexibility index (Phi) is 6.32. The van der Waals surface area contributed by atoms with Crippen LogP contribution in [0.25, 0.3) is 0 Å². The van der Waals surface area contributed by atoms with Gasteiger partial charge in [-0.25, -0.2) is 0 Å². The molecule has 2 aliphatic rings. The molecule has 5 nitrogen and oxygen atoms in total. The fraction of sp³-hybridized carbons (Fsp3) is 0.650. The minimum Gasteiger partial charge on any atom is -0.497 e. The first-order chi connectivity index (χ1) is 12.2. The van der Waals surface area contributed by atoms with Crippen LogP contribution in [-0.2, 0) is 11.2 Å². The van der Waals surface area contributed by atoms with E-state index in [4.69, 9.17) is 4.74 Å². The summed E-state index contributed by atoms with van der Waals surface area (Å²) in [6, 6.07) is 9.01. The summed E-state index contributed by atoms with van der Waals surface area (Å²) in [5, 5.41) is 3.73. The number of rotatable bonds is 7.